The van der Waals surface area contributed by atoms with Gasteiger partial charge in [-0.1, -0.05) is 62.2 Å². The number of nitrogens with one attached hydrogen (secondary N) is 1. The van der Waals surface area contributed by atoms with Crippen LogP contribution in [0.4, 0.5) is 0 Å². The normalized spacial score (nSPS) is 17.4. The molecule has 1 atom stereocenters. The molecule has 2 nitrogen and oxygen atoms in total. The van der Waals surface area contributed by atoms with Gasteiger partial charge in [0.15, 0.2) is 0 Å². The summed E-state index contributed by atoms with van der Waals surface area (Å²) in [6.45, 7) is 3.89. The molecule has 0 amide bonds. The minimum Gasteiger partial charge on any atom is -0.376 e. The Bertz CT molecular complexity index is 569. The van der Waals surface area contributed by atoms with E-state index < -0.39 is 0 Å². The molecule has 1 unspecified atom stereocenters. The van der Waals surface area contributed by atoms with Crippen LogP contribution in [0.25, 0.3) is 10.8 Å². The highest BCUT2D eigenvalue weighted by Crippen LogP contribution is 2.27. The number of benzene rings is 2. The third-order valence-electron chi connectivity index (χ3n) is 4.45. The van der Waals surface area contributed by atoms with E-state index >= 15 is 0 Å². The minimum atomic E-state index is 0.279. The zero-order valence-corrected chi connectivity index (χ0v) is 12.8. The molecule has 1 aliphatic carbocycles. The molecule has 1 N–H and O–H groups in total. The van der Waals surface area contributed by atoms with Crippen molar-refractivity contribution in [1.82, 2.24) is 5.32 Å². The van der Waals surface area contributed by atoms with Gasteiger partial charge >= 0.3 is 0 Å². The van der Waals surface area contributed by atoms with E-state index in [1.807, 2.05) is 0 Å². The molecule has 0 bridgehead atoms. The van der Waals surface area contributed by atoms with Gasteiger partial charge < -0.3 is 10.1 Å². The minimum absolute atomic E-state index is 0.279. The maximum atomic E-state index is 6.16. The van der Waals surface area contributed by atoms with E-state index in [0.29, 0.717) is 6.10 Å². The van der Waals surface area contributed by atoms with Gasteiger partial charge in [-0.15, -0.1) is 0 Å². The van der Waals surface area contributed by atoms with Crippen molar-refractivity contribution in [3.8, 4) is 0 Å². The van der Waals surface area contributed by atoms with Gasteiger partial charge in [0.1, 0.15) is 0 Å². The summed E-state index contributed by atoms with van der Waals surface area (Å²) in [5, 5.41) is 6.23. The van der Waals surface area contributed by atoms with E-state index in [1.54, 1.807) is 0 Å². The first kappa shape index (κ1) is 14.6. The van der Waals surface area contributed by atoms with Crippen LogP contribution < -0.4 is 5.32 Å². The first-order valence-corrected chi connectivity index (χ1v) is 8.21. The summed E-state index contributed by atoms with van der Waals surface area (Å²) in [5.74, 6) is 0. The zero-order chi connectivity index (χ0) is 14.5. The van der Waals surface area contributed by atoms with Crippen molar-refractivity contribution in [3.63, 3.8) is 0 Å². The highest BCUT2D eigenvalue weighted by molar-refractivity contribution is 5.86. The monoisotopic (exact) mass is 283 g/mol. The maximum Gasteiger partial charge on any atom is 0.0665 e. The lowest BCUT2D eigenvalue weighted by Gasteiger charge is -2.22. The number of fused-ring (bicyclic) bond motifs is 1. The molecule has 0 heterocycles. The van der Waals surface area contributed by atoms with Crippen molar-refractivity contribution in [2.24, 2.45) is 0 Å². The smallest absolute Gasteiger partial charge is 0.0665 e. The quantitative estimate of drug-likeness (QED) is 0.845. The molecule has 2 heteroatoms. The fraction of sp³-hybridized carbons (Fsp3) is 0.474. The Morgan fingerprint density at radius 2 is 1.86 bits per heavy atom. The number of rotatable bonds is 6. The second kappa shape index (κ2) is 7.06. The second-order valence-electron chi connectivity index (χ2n) is 5.92. The van der Waals surface area contributed by atoms with Crippen molar-refractivity contribution in [2.75, 3.05) is 13.2 Å². The average Bonchev–Trinajstić information content (AvgIpc) is 3.04. The average molecular weight is 283 g/mol. The van der Waals surface area contributed by atoms with Gasteiger partial charge in [-0.05, 0) is 35.7 Å². The van der Waals surface area contributed by atoms with Crippen molar-refractivity contribution in [2.45, 2.75) is 44.8 Å². The highest BCUT2D eigenvalue weighted by atomic mass is 16.5. The van der Waals surface area contributed by atoms with Crippen molar-refractivity contribution in [3.05, 3.63) is 48.0 Å². The zero-order valence-electron chi connectivity index (χ0n) is 12.8. The summed E-state index contributed by atoms with van der Waals surface area (Å²) >= 11 is 0. The van der Waals surface area contributed by atoms with Crippen LogP contribution in [0.5, 0.6) is 0 Å². The van der Waals surface area contributed by atoms with Crippen LogP contribution in [0.2, 0.25) is 0 Å². The molecule has 3 rings (SSSR count). The van der Waals surface area contributed by atoms with Gasteiger partial charge in [-0.25, -0.2) is 0 Å². The summed E-state index contributed by atoms with van der Waals surface area (Å²) in [6, 6.07) is 15.5. The van der Waals surface area contributed by atoms with Crippen LogP contribution >= 0.6 is 0 Å². The van der Waals surface area contributed by atoms with E-state index in [-0.39, 0.29) is 6.04 Å². The topological polar surface area (TPSA) is 21.3 Å². The Balaban J connectivity index is 1.80. The van der Waals surface area contributed by atoms with E-state index in [9.17, 15) is 0 Å². The lowest BCUT2D eigenvalue weighted by molar-refractivity contribution is 0.0431. The van der Waals surface area contributed by atoms with Crippen molar-refractivity contribution < 1.29 is 4.74 Å². The Morgan fingerprint density at radius 3 is 2.67 bits per heavy atom. The third kappa shape index (κ3) is 3.45. The number of ether oxygens (including phenoxy) is 1. The molecular formula is C19H25NO. The molecule has 0 aliphatic heterocycles. The Morgan fingerprint density at radius 1 is 1.10 bits per heavy atom. The van der Waals surface area contributed by atoms with Gasteiger partial charge in [0.05, 0.1) is 18.8 Å². The molecular weight excluding hydrogens is 258 g/mol. The van der Waals surface area contributed by atoms with Crippen molar-refractivity contribution in [1.29, 1.82) is 0 Å². The summed E-state index contributed by atoms with van der Waals surface area (Å²) in [6.07, 6.45) is 5.58. The Kier molecular flexibility index (Phi) is 4.89. The number of hydrogen-bond acceptors (Lipinski definition) is 2. The van der Waals surface area contributed by atoms with Crippen LogP contribution in [0, 0.1) is 0 Å². The standard InChI is InChI=1S/C19H25NO/c1-2-20-19(14-21-16-10-4-5-11-16)18-13-7-9-15-8-3-6-12-17(15)18/h3,6-9,12-13,16,19-20H,2,4-5,10-11,14H2,1H3. The molecule has 112 valence electrons. The molecule has 0 aromatic heterocycles. The lowest BCUT2D eigenvalue weighted by atomic mass is 9.99. The molecule has 1 aliphatic rings. The molecule has 2 aromatic carbocycles. The van der Waals surface area contributed by atoms with Crippen LogP contribution in [-0.4, -0.2) is 19.3 Å². The molecule has 0 spiro atoms. The van der Waals surface area contributed by atoms with E-state index in [1.165, 1.54) is 42.0 Å². The predicted octanol–water partition coefficient (Wildman–Crippen LogP) is 4.45. The molecule has 1 saturated carbocycles. The largest absolute Gasteiger partial charge is 0.376 e. The molecule has 21 heavy (non-hydrogen) atoms. The van der Waals surface area contributed by atoms with Crippen LogP contribution in [0.3, 0.4) is 0 Å². The number of hydrogen-bond donors (Lipinski definition) is 1. The van der Waals surface area contributed by atoms with E-state index in [4.69, 9.17) is 4.74 Å². The van der Waals surface area contributed by atoms with Gasteiger partial charge in [-0.2, -0.15) is 0 Å². The van der Waals surface area contributed by atoms with Gasteiger partial charge in [0.2, 0.25) is 0 Å². The summed E-state index contributed by atoms with van der Waals surface area (Å²) in [4.78, 5) is 0. The van der Waals surface area contributed by atoms with Gasteiger partial charge in [0, 0.05) is 0 Å². The highest BCUT2D eigenvalue weighted by Gasteiger charge is 2.19. The Labute approximate surface area is 127 Å². The van der Waals surface area contributed by atoms with Crippen LogP contribution in [0.1, 0.15) is 44.2 Å². The second-order valence-corrected chi connectivity index (χ2v) is 5.92. The summed E-state index contributed by atoms with van der Waals surface area (Å²) in [5.41, 5.74) is 1.35. The Hall–Kier alpha value is -1.38. The SMILES string of the molecule is CCNC(COC1CCCC1)c1cccc2ccccc12. The van der Waals surface area contributed by atoms with E-state index in [0.717, 1.165) is 13.2 Å². The van der Waals surface area contributed by atoms with Gasteiger partial charge in [0.25, 0.3) is 0 Å². The van der Waals surface area contributed by atoms with Crippen molar-refractivity contribution >= 4 is 10.8 Å². The lowest BCUT2D eigenvalue weighted by Crippen LogP contribution is -2.27. The third-order valence-corrected chi connectivity index (χ3v) is 4.45. The fourth-order valence-electron chi connectivity index (χ4n) is 3.35. The molecule has 0 radical (unpaired) electrons. The first-order chi connectivity index (χ1) is 10.4. The summed E-state index contributed by atoms with van der Waals surface area (Å²) in [7, 11) is 0. The van der Waals surface area contributed by atoms with Crippen LogP contribution in [0.15, 0.2) is 42.5 Å². The van der Waals surface area contributed by atoms with Crippen LogP contribution in [-0.2, 0) is 4.74 Å². The predicted molar refractivity (Wildman–Crippen MR) is 88.6 cm³/mol. The molecule has 0 saturated heterocycles. The van der Waals surface area contributed by atoms with Gasteiger partial charge in [-0.3, -0.25) is 0 Å². The first-order valence-electron chi connectivity index (χ1n) is 8.21. The molecule has 2 aromatic rings. The van der Waals surface area contributed by atoms with E-state index in [2.05, 4.69) is 54.7 Å². The molecule has 1 fully saturated rings. The number of likely N-dealkylation sites (N-methyl/N-ethyl adjacent to an activating group) is 1. The fourth-order valence-corrected chi connectivity index (χ4v) is 3.35. The maximum absolute atomic E-state index is 6.16. The summed E-state index contributed by atoms with van der Waals surface area (Å²) < 4.78 is 6.16.